The minimum atomic E-state index is -0.574. The van der Waals surface area contributed by atoms with E-state index in [1.54, 1.807) is 29.7 Å². The van der Waals surface area contributed by atoms with E-state index in [1.165, 1.54) is 10.4 Å². The van der Waals surface area contributed by atoms with Crippen molar-refractivity contribution in [3.8, 4) is 0 Å². The number of aryl methyl sites for hydroxylation is 1. The monoisotopic (exact) mass is 237 g/mol. The van der Waals surface area contributed by atoms with Crippen molar-refractivity contribution in [3.05, 3.63) is 46.0 Å². The van der Waals surface area contributed by atoms with E-state index in [9.17, 15) is 5.11 Å². The first kappa shape index (κ1) is 11.4. The molecule has 0 saturated carbocycles. The van der Waals surface area contributed by atoms with Gasteiger partial charge in [-0.25, -0.2) is 0 Å². The Morgan fingerprint density at radius 2 is 2.38 bits per heavy atom. The van der Waals surface area contributed by atoms with E-state index in [-0.39, 0.29) is 0 Å². The third kappa shape index (κ3) is 2.72. The third-order valence-corrected chi connectivity index (χ3v) is 3.49. The van der Waals surface area contributed by atoms with Gasteiger partial charge in [-0.3, -0.25) is 0 Å². The van der Waals surface area contributed by atoms with Gasteiger partial charge in [-0.05, 0) is 36.1 Å². The molecule has 2 N–H and O–H groups in total. The van der Waals surface area contributed by atoms with Crippen LogP contribution in [0.1, 0.15) is 22.3 Å². The lowest BCUT2D eigenvalue weighted by molar-refractivity contribution is 0.147. The van der Waals surface area contributed by atoms with Crippen molar-refractivity contribution in [1.82, 2.24) is 5.32 Å². The summed E-state index contributed by atoms with van der Waals surface area (Å²) in [6.07, 6.45) is 0.998. The second kappa shape index (κ2) is 5.30. The molecule has 0 aliphatic rings. The lowest BCUT2D eigenvalue weighted by Crippen LogP contribution is -2.20. The zero-order chi connectivity index (χ0) is 11.4. The second-order valence-corrected chi connectivity index (χ2v) is 4.69. The molecule has 16 heavy (non-hydrogen) atoms. The van der Waals surface area contributed by atoms with Crippen molar-refractivity contribution in [2.75, 3.05) is 6.54 Å². The Morgan fingerprint density at radius 1 is 1.50 bits per heavy atom. The normalized spacial score (nSPS) is 12.9. The van der Waals surface area contributed by atoms with E-state index in [1.807, 2.05) is 0 Å². The van der Waals surface area contributed by atoms with E-state index in [4.69, 9.17) is 4.42 Å². The van der Waals surface area contributed by atoms with Crippen LogP contribution in [-0.4, -0.2) is 11.7 Å². The molecule has 0 amide bonds. The van der Waals surface area contributed by atoms with Crippen LogP contribution in [0, 0.1) is 6.92 Å². The van der Waals surface area contributed by atoms with Crippen molar-refractivity contribution in [3.63, 3.8) is 0 Å². The lowest BCUT2D eigenvalue weighted by Gasteiger charge is -2.08. The molecule has 3 nitrogen and oxygen atoms in total. The van der Waals surface area contributed by atoms with Crippen LogP contribution in [0.2, 0.25) is 0 Å². The van der Waals surface area contributed by atoms with Crippen LogP contribution in [0.3, 0.4) is 0 Å². The first-order valence-electron chi connectivity index (χ1n) is 5.22. The maximum absolute atomic E-state index is 9.75. The molecule has 0 aromatic carbocycles. The summed E-state index contributed by atoms with van der Waals surface area (Å²) in [5.74, 6) is 0.607. The Bertz CT molecular complexity index is 422. The SMILES string of the molecule is Cc1ccsc1CNCC(O)c1ccco1. The summed E-state index contributed by atoms with van der Waals surface area (Å²) in [7, 11) is 0. The van der Waals surface area contributed by atoms with Crippen molar-refractivity contribution in [1.29, 1.82) is 0 Å². The molecule has 0 aliphatic heterocycles. The molecule has 1 unspecified atom stereocenters. The van der Waals surface area contributed by atoms with Gasteiger partial charge < -0.3 is 14.8 Å². The molecule has 0 bridgehead atoms. The first-order valence-corrected chi connectivity index (χ1v) is 6.10. The number of nitrogens with one attached hydrogen (secondary N) is 1. The fraction of sp³-hybridized carbons (Fsp3) is 0.333. The Balaban J connectivity index is 1.78. The molecule has 2 heterocycles. The van der Waals surface area contributed by atoms with Gasteiger partial charge >= 0.3 is 0 Å². The molecule has 0 aliphatic carbocycles. The smallest absolute Gasteiger partial charge is 0.133 e. The first-order chi connectivity index (χ1) is 7.77. The molecule has 1 atom stereocenters. The van der Waals surface area contributed by atoms with Gasteiger partial charge in [0.05, 0.1) is 6.26 Å². The van der Waals surface area contributed by atoms with E-state index in [0.29, 0.717) is 12.3 Å². The zero-order valence-electron chi connectivity index (χ0n) is 9.14. The molecule has 0 radical (unpaired) electrons. The molecule has 2 aromatic rings. The van der Waals surface area contributed by atoms with E-state index in [0.717, 1.165) is 6.54 Å². The summed E-state index contributed by atoms with van der Waals surface area (Å²) in [4.78, 5) is 1.31. The highest BCUT2D eigenvalue weighted by molar-refractivity contribution is 7.10. The molecular weight excluding hydrogens is 222 g/mol. The Kier molecular flexibility index (Phi) is 3.77. The number of thiophene rings is 1. The van der Waals surface area contributed by atoms with Gasteiger partial charge in [0.15, 0.2) is 0 Å². The summed E-state index contributed by atoms with van der Waals surface area (Å²) >= 11 is 1.73. The maximum atomic E-state index is 9.75. The molecule has 0 fully saturated rings. The van der Waals surface area contributed by atoms with Gasteiger partial charge in [0.1, 0.15) is 11.9 Å². The van der Waals surface area contributed by atoms with Gasteiger partial charge in [-0.1, -0.05) is 0 Å². The van der Waals surface area contributed by atoms with Crippen LogP contribution in [-0.2, 0) is 6.54 Å². The average molecular weight is 237 g/mol. The highest BCUT2D eigenvalue weighted by Gasteiger charge is 2.09. The molecular formula is C12H15NO2S. The van der Waals surface area contributed by atoms with Crippen molar-refractivity contribution < 1.29 is 9.52 Å². The standard InChI is InChI=1S/C12H15NO2S/c1-9-4-6-16-12(9)8-13-7-10(14)11-3-2-5-15-11/h2-6,10,13-14H,7-8H2,1H3. The predicted molar refractivity (Wildman–Crippen MR) is 64.4 cm³/mol. The summed E-state index contributed by atoms with van der Waals surface area (Å²) in [5, 5.41) is 15.1. The molecule has 0 spiro atoms. The fourth-order valence-electron chi connectivity index (χ4n) is 1.49. The summed E-state index contributed by atoms with van der Waals surface area (Å²) in [5.41, 5.74) is 1.30. The van der Waals surface area contributed by atoms with Gasteiger partial charge in [0.2, 0.25) is 0 Å². The fourth-order valence-corrected chi connectivity index (χ4v) is 2.36. The number of aliphatic hydroxyl groups excluding tert-OH is 1. The number of hydrogen-bond acceptors (Lipinski definition) is 4. The molecule has 2 rings (SSSR count). The van der Waals surface area contributed by atoms with Crippen LogP contribution < -0.4 is 5.32 Å². The highest BCUT2D eigenvalue weighted by atomic mass is 32.1. The van der Waals surface area contributed by atoms with Crippen LogP contribution in [0.5, 0.6) is 0 Å². The van der Waals surface area contributed by atoms with Crippen LogP contribution in [0.15, 0.2) is 34.3 Å². The molecule has 2 aromatic heterocycles. The predicted octanol–water partition coefficient (Wildman–Crippen LogP) is 2.47. The molecule has 0 saturated heterocycles. The largest absolute Gasteiger partial charge is 0.467 e. The van der Waals surface area contributed by atoms with Crippen molar-refractivity contribution in [2.45, 2.75) is 19.6 Å². The Labute approximate surface area is 98.7 Å². The minimum absolute atomic E-state index is 0.505. The Hall–Kier alpha value is -1.10. The third-order valence-electron chi connectivity index (χ3n) is 2.46. The minimum Gasteiger partial charge on any atom is -0.467 e. The highest BCUT2D eigenvalue weighted by Crippen LogP contribution is 2.16. The molecule has 86 valence electrons. The average Bonchev–Trinajstić information content (AvgIpc) is 2.90. The maximum Gasteiger partial charge on any atom is 0.133 e. The lowest BCUT2D eigenvalue weighted by atomic mass is 10.2. The van der Waals surface area contributed by atoms with Gasteiger partial charge in [-0.15, -0.1) is 11.3 Å². The van der Waals surface area contributed by atoms with Gasteiger partial charge in [0.25, 0.3) is 0 Å². The van der Waals surface area contributed by atoms with Gasteiger partial charge in [-0.2, -0.15) is 0 Å². The topological polar surface area (TPSA) is 45.4 Å². The quantitative estimate of drug-likeness (QED) is 0.839. The number of hydrogen-bond donors (Lipinski definition) is 2. The van der Waals surface area contributed by atoms with Crippen LogP contribution >= 0.6 is 11.3 Å². The van der Waals surface area contributed by atoms with Crippen molar-refractivity contribution >= 4 is 11.3 Å². The van der Waals surface area contributed by atoms with Crippen LogP contribution in [0.25, 0.3) is 0 Å². The summed E-state index contributed by atoms with van der Waals surface area (Å²) < 4.78 is 5.12. The van der Waals surface area contributed by atoms with Gasteiger partial charge in [0, 0.05) is 18.0 Å². The zero-order valence-corrected chi connectivity index (χ0v) is 9.96. The van der Waals surface area contributed by atoms with E-state index < -0.39 is 6.10 Å². The van der Waals surface area contributed by atoms with Crippen molar-refractivity contribution in [2.24, 2.45) is 0 Å². The summed E-state index contributed by atoms with van der Waals surface area (Å²) in [6, 6.07) is 5.66. The number of rotatable bonds is 5. The number of aliphatic hydroxyl groups is 1. The Morgan fingerprint density at radius 3 is 3.00 bits per heavy atom. The molecule has 4 heteroatoms. The number of furan rings is 1. The van der Waals surface area contributed by atoms with E-state index >= 15 is 0 Å². The van der Waals surface area contributed by atoms with Crippen LogP contribution in [0.4, 0.5) is 0 Å². The van der Waals surface area contributed by atoms with E-state index in [2.05, 4.69) is 23.7 Å². The second-order valence-electron chi connectivity index (χ2n) is 3.69. The summed E-state index contributed by atoms with van der Waals surface area (Å²) in [6.45, 7) is 3.39.